The van der Waals surface area contributed by atoms with E-state index in [1.54, 1.807) is 4.90 Å². The first kappa shape index (κ1) is 16.0. The lowest BCUT2D eigenvalue weighted by molar-refractivity contribution is -0.136. The fourth-order valence-electron chi connectivity index (χ4n) is 2.30. The first-order chi connectivity index (χ1) is 9.13. The molecule has 1 aliphatic heterocycles. The van der Waals surface area contributed by atoms with E-state index >= 15 is 0 Å². The minimum atomic E-state index is -0.0568. The van der Waals surface area contributed by atoms with Crippen molar-refractivity contribution in [3.8, 4) is 0 Å². The fraction of sp³-hybridized carbons (Fsp3) is 0.857. The average molecular weight is 269 g/mol. The normalized spacial score (nSPS) is 18.6. The number of carbonyl (C=O) groups is 2. The molecule has 1 fully saturated rings. The molecule has 0 spiro atoms. The van der Waals surface area contributed by atoms with E-state index in [1.807, 2.05) is 13.8 Å². The van der Waals surface area contributed by atoms with Crippen LogP contribution >= 0.6 is 0 Å². The molecule has 2 N–H and O–H groups in total. The number of hydrogen-bond donors (Lipinski definition) is 2. The van der Waals surface area contributed by atoms with Crippen molar-refractivity contribution >= 4 is 11.8 Å². The highest BCUT2D eigenvalue weighted by Crippen LogP contribution is 2.11. The highest BCUT2D eigenvalue weighted by molar-refractivity contribution is 5.84. The summed E-state index contributed by atoms with van der Waals surface area (Å²) in [5.41, 5.74) is 0. The van der Waals surface area contributed by atoms with Gasteiger partial charge in [0.2, 0.25) is 11.8 Å². The van der Waals surface area contributed by atoms with Crippen molar-refractivity contribution < 1.29 is 9.59 Å². The van der Waals surface area contributed by atoms with Crippen molar-refractivity contribution in [3.63, 3.8) is 0 Å². The molecule has 1 atom stereocenters. The minimum absolute atomic E-state index is 0.0568. The van der Waals surface area contributed by atoms with E-state index in [9.17, 15) is 9.59 Å². The highest BCUT2D eigenvalue weighted by Gasteiger charge is 2.18. The van der Waals surface area contributed by atoms with E-state index in [4.69, 9.17) is 0 Å². The average Bonchev–Trinajstić information content (AvgIpc) is 2.36. The van der Waals surface area contributed by atoms with Crippen molar-refractivity contribution in [2.45, 2.75) is 52.0 Å². The lowest BCUT2D eigenvalue weighted by atomic mass is 10.1. The zero-order valence-corrected chi connectivity index (χ0v) is 12.2. The van der Waals surface area contributed by atoms with Crippen LogP contribution in [0.15, 0.2) is 0 Å². The molecule has 0 unspecified atom stereocenters. The van der Waals surface area contributed by atoms with Crippen LogP contribution in [0.25, 0.3) is 0 Å². The molecular formula is C14H27N3O2. The molecular weight excluding hydrogens is 242 g/mol. The number of carbonyl (C=O) groups excluding carboxylic acids is 2. The number of rotatable bonds is 6. The van der Waals surface area contributed by atoms with Gasteiger partial charge in [-0.15, -0.1) is 0 Å². The quantitative estimate of drug-likeness (QED) is 0.753. The number of nitrogens with zero attached hydrogens (tertiary/aromatic N) is 1. The van der Waals surface area contributed by atoms with Gasteiger partial charge in [-0.25, -0.2) is 0 Å². The fourth-order valence-corrected chi connectivity index (χ4v) is 2.30. The maximum atomic E-state index is 11.9. The van der Waals surface area contributed by atoms with E-state index in [-0.39, 0.29) is 24.4 Å². The van der Waals surface area contributed by atoms with Crippen LogP contribution in [0.3, 0.4) is 0 Å². The van der Waals surface area contributed by atoms with Gasteiger partial charge < -0.3 is 15.5 Å². The smallest absolute Gasteiger partial charge is 0.239 e. The molecule has 1 heterocycles. The van der Waals surface area contributed by atoms with Gasteiger partial charge in [0, 0.05) is 25.6 Å². The lowest BCUT2D eigenvalue weighted by Gasteiger charge is -2.24. The molecule has 5 nitrogen and oxygen atoms in total. The third-order valence-electron chi connectivity index (χ3n) is 3.41. The van der Waals surface area contributed by atoms with E-state index in [2.05, 4.69) is 10.6 Å². The van der Waals surface area contributed by atoms with Gasteiger partial charge in [0.15, 0.2) is 0 Å². The topological polar surface area (TPSA) is 61.4 Å². The van der Waals surface area contributed by atoms with Crippen LogP contribution in [-0.2, 0) is 9.59 Å². The van der Waals surface area contributed by atoms with Crippen LogP contribution in [0, 0.1) is 0 Å². The summed E-state index contributed by atoms with van der Waals surface area (Å²) in [5.74, 6) is 0.0632. The molecule has 0 bridgehead atoms. The zero-order chi connectivity index (χ0) is 14.1. The molecule has 19 heavy (non-hydrogen) atoms. The molecule has 0 aromatic heterocycles. The molecule has 1 rings (SSSR count). The van der Waals surface area contributed by atoms with Gasteiger partial charge in [-0.1, -0.05) is 19.8 Å². The molecule has 110 valence electrons. The molecule has 1 aliphatic rings. The van der Waals surface area contributed by atoms with Crippen molar-refractivity contribution in [1.82, 2.24) is 15.5 Å². The first-order valence-electron chi connectivity index (χ1n) is 7.41. The van der Waals surface area contributed by atoms with Crippen LogP contribution in [0.4, 0.5) is 0 Å². The molecule has 0 aromatic rings. The van der Waals surface area contributed by atoms with Gasteiger partial charge in [0.25, 0.3) is 0 Å². The number of likely N-dealkylation sites (N-methyl/N-ethyl adjacent to an activating group) is 1. The van der Waals surface area contributed by atoms with Gasteiger partial charge in [0.1, 0.15) is 0 Å². The summed E-state index contributed by atoms with van der Waals surface area (Å²) in [5, 5.41) is 6.11. The maximum Gasteiger partial charge on any atom is 0.239 e. The Morgan fingerprint density at radius 2 is 2.05 bits per heavy atom. The predicted octanol–water partition coefficient (Wildman–Crippen LogP) is 0.893. The molecule has 0 radical (unpaired) electrons. The van der Waals surface area contributed by atoms with E-state index in [0.717, 1.165) is 38.8 Å². The molecule has 2 amide bonds. The van der Waals surface area contributed by atoms with E-state index in [0.29, 0.717) is 13.0 Å². The Morgan fingerprint density at radius 1 is 1.32 bits per heavy atom. The van der Waals surface area contributed by atoms with Crippen LogP contribution in [0.5, 0.6) is 0 Å². The summed E-state index contributed by atoms with van der Waals surface area (Å²) in [6.45, 7) is 6.49. The largest absolute Gasteiger partial charge is 0.353 e. The Hall–Kier alpha value is -1.10. The summed E-state index contributed by atoms with van der Waals surface area (Å²) >= 11 is 0. The van der Waals surface area contributed by atoms with Crippen molar-refractivity contribution in [3.05, 3.63) is 0 Å². The molecule has 0 aromatic carbocycles. The second-order valence-electron chi connectivity index (χ2n) is 5.24. The summed E-state index contributed by atoms with van der Waals surface area (Å²) < 4.78 is 0. The Bertz CT molecular complexity index is 294. The zero-order valence-electron chi connectivity index (χ0n) is 12.2. The minimum Gasteiger partial charge on any atom is -0.353 e. The summed E-state index contributed by atoms with van der Waals surface area (Å²) in [4.78, 5) is 25.4. The first-order valence-corrected chi connectivity index (χ1v) is 7.41. The number of hydrogen-bond acceptors (Lipinski definition) is 3. The Kier molecular flexibility index (Phi) is 7.48. The Labute approximate surface area is 116 Å². The molecule has 0 aliphatic carbocycles. The van der Waals surface area contributed by atoms with Gasteiger partial charge >= 0.3 is 0 Å². The highest BCUT2D eigenvalue weighted by atomic mass is 16.2. The predicted molar refractivity (Wildman–Crippen MR) is 75.8 cm³/mol. The standard InChI is InChI=1S/C14H27N3O2/c1-3-15-12(2)10-16-13(18)11-17-9-7-5-4-6-8-14(17)19/h12,15H,3-11H2,1-2H3,(H,16,18)/t12-/m1/s1. The maximum absolute atomic E-state index is 11.9. The van der Waals surface area contributed by atoms with Crippen LogP contribution < -0.4 is 10.6 Å². The van der Waals surface area contributed by atoms with Gasteiger partial charge in [0.05, 0.1) is 6.54 Å². The van der Waals surface area contributed by atoms with Gasteiger partial charge in [-0.2, -0.15) is 0 Å². The van der Waals surface area contributed by atoms with Gasteiger partial charge in [-0.3, -0.25) is 9.59 Å². The van der Waals surface area contributed by atoms with Crippen LogP contribution in [0.2, 0.25) is 0 Å². The number of nitrogens with one attached hydrogen (secondary N) is 2. The van der Waals surface area contributed by atoms with Gasteiger partial charge in [-0.05, 0) is 26.3 Å². The molecule has 0 saturated carbocycles. The monoisotopic (exact) mass is 269 g/mol. The number of amides is 2. The third kappa shape index (κ3) is 6.57. The second-order valence-corrected chi connectivity index (χ2v) is 5.24. The van der Waals surface area contributed by atoms with Crippen molar-refractivity contribution in [2.24, 2.45) is 0 Å². The SMILES string of the molecule is CCN[C@H](C)CNC(=O)CN1CCCCCCC1=O. The Balaban J connectivity index is 2.30. The van der Waals surface area contributed by atoms with Crippen molar-refractivity contribution in [1.29, 1.82) is 0 Å². The van der Waals surface area contributed by atoms with Crippen LogP contribution in [-0.4, -0.2) is 48.9 Å². The summed E-state index contributed by atoms with van der Waals surface area (Å²) in [7, 11) is 0. The summed E-state index contributed by atoms with van der Waals surface area (Å²) in [6.07, 6.45) is 4.83. The number of likely N-dealkylation sites (tertiary alicyclic amines) is 1. The third-order valence-corrected chi connectivity index (χ3v) is 3.41. The molecule has 5 heteroatoms. The van der Waals surface area contributed by atoms with E-state index < -0.39 is 0 Å². The van der Waals surface area contributed by atoms with Crippen LogP contribution in [0.1, 0.15) is 46.0 Å². The molecule has 1 saturated heterocycles. The second kappa shape index (κ2) is 8.91. The van der Waals surface area contributed by atoms with Crippen molar-refractivity contribution in [2.75, 3.05) is 26.2 Å². The summed E-state index contributed by atoms with van der Waals surface area (Å²) in [6, 6.07) is 0.261. The van der Waals surface area contributed by atoms with E-state index in [1.165, 1.54) is 0 Å². The Morgan fingerprint density at radius 3 is 2.79 bits per heavy atom. The lowest BCUT2D eigenvalue weighted by Crippen LogP contribution is -2.45.